The van der Waals surface area contributed by atoms with E-state index in [0.717, 1.165) is 10.8 Å². The highest BCUT2D eigenvalue weighted by Gasteiger charge is 2.41. The van der Waals surface area contributed by atoms with Crippen molar-refractivity contribution in [1.29, 1.82) is 0 Å². The second kappa shape index (κ2) is 9.67. The highest BCUT2D eigenvalue weighted by atomic mass is 19.4. The van der Waals surface area contributed by atoms with E-state index in [1.54, 1.807) is 12.1 Å². The SMILES string of the molecule is Nc1cc(Nc2nccc(-c3cn(CC(F)(F)F)c4ccccc34)n2)c(OC(F)(F)F)cc1C(=O)C(F)(F)F. The standard InChI is InChI=1S/C23H14F9N5O2/c24-21(25,26)10-37-9-13(11-3-1-2-4-17(11)37)15-5-6-34-20(35-15)36-16-8-14(33)12(19(38)22(27,28)29)7-18(16)39-23(30,31)32/h1-9H,10,33H2,(H,34,35,36). The van der Waals surface area contributed by atoms with Crippen molar-refractivity contribution in [3.8, 4) is 17.0 Å². The number of benzene rings is 2. The monoisotopic (exact) mass is 563 g/mol. The summed E-state index contributed by atoms with van der Waals surface area (Å²) < 4.78 is 122. The summed E-state index contributed by atoms with van der Waals surface area (Å²) in [7, 11) is 0. The van der Waals surface area contributed by atoms with E-state index in [0.29, 0.717) is 11.5 Å². The molecule has 0 aliphatic heterocycles. The van der Waals surface area contributed by atoms with Crippen molar-refractivity contribution in [3.63, 3.8) is 0 Å². The molecule has 3 N–H and O–H groups in total. The van der Waals surface area contributed by atoms with Gasteiger partial charge in [0, 0.05) is 34.5 Å². The van der Waals surface area contributed by atoms with Crippen LogP contribution in [0.3, 0.4) is 0 Å². The highest BCUT2D eigenvalue weighted by molar-refractivity contribution is 6.05. The molecule has 39 heavy (non-hydrogen) atoms. The molecule has 0 amide bonds. The first kappa shape index (κ1) is 27.5. The normalized spacial score (nSPS) is 12.5. The maximum absolute atomic E-state index is 13.1. The summed E-state index contributed by atoms with van der Waals surface area (Å²) in [5.41, 5.74) is 3.31. The maximum Gasteiger partial charge on any atom is 0.573 e. The van der Waals surface area contributed by atoms with Gasteiger partial charge in [-0.05, 0) is 24.3 Å². The van der Waals surface area contributed by atoms with Crippen LogP contribution in [0.15, 0.2) is 54.9 Å². The van der Waals surface area contributed by atoms with Gasteiger partial charge in [-0.2, -0.15) is 26.3 Å². The lowest BCUT2D eigenvalue weighted by Gasteiger charge is -2.17. The number of ether oxygens (including phenoxy) is 1. The third-order valence-corrected chi connectivity index (χ3v) is 5.20. The molecule has 2 aromatic carbocycles. The number of Topliss-reactive ketones (excluding diaryl/α,β-unsaturated/α-hetero) is 1. The van der Waals surface area contributed by atoms with Gasteiger partial charge >= 0.3 is 18.7 Å². The van der Waals surface area contributed by atoms with E-state index in [1.165, 1.54) is 24.4 Å². The predicted octanol–water partition coefficient (Wildman–Crippen LogP) is 6.63. The van der Waals surface area contributed by atoms with Crippen LogP contribution in [0, 0.1) is 0 Å². The molecule has 4 aromatic rings. The number of carbonyl (C=O) groups excluding carboxylic acids is 1. The average molecular weight is 563 g/mol. The van der Waals surface area contributed by atoms with Crippen LogP contribution in [-0.4, -0.2) is 39.0 Å². The van der Waals surface area contributed by atoms with E-state index < -0.39 is 59.7 Å². The second-order valence-corrected chi connectivity index (χ2v) is 8.00. The number of alkyl halides is 9. The van der Waals surface area contributed by atoms with Crippen LogP contribution in [0.4, 0.5) is 56.8 Å². The van der Waals surface area contributed by atoms with Gasteiger partial charge in [0.05, 0.1) is 16.9 Å². The zero-order valence-electron chi connectivity index (χ0n) is 19.0. The average Bonchev–Trinajstić information content (AvgIpc) is 3.16. The minimum atomic E-state index is -5.43. The Hall–Kier alpha value is -4.50. The minimum Gasteiger partial charge on any atom is -0.404 e. The number of carbonyl (C=O) groups is 1. The highest BCUT2D eigenvalue weighted by Crippen LogP contribution is 2.38. The largest absolute Gasteiger partial charge is 0.573 e. The van der Waals surface area contributed by atoms with Crippen molar-refractivity contribution in [2.45, 2.75) is 25.3 Å². The quantitative estimate of drug-likeness (QED) is 0.155. The van der Waals surface area contributed by atoms with Crippen molar-refractivity contribution in [3.05, 3.63) is 60.4 Å². The summed E-state index contributed by atoms with van der Waals surface area (Å²) >= 11 is 0. The van der Waals surface area contributed by atoms with Gasteiger partial charge < -0.3 is 20.4 Å². The lowest BCUT2D eigenvalue weighted by Crippen LogP contribution is -2.24. The number of nitrogens with zero attached hydrogens (tertiary/aromatic N) is 3. The first-order valence-electron chi connectivity index (χ1n) is 10.6. The summed E-state index contributed by atoms with van der Waals surface area (Å²) in [6, 6.07) is 8.22. The molecule has 0 aliphatic rings. The van der Waals surface area contributed by atoms with Gasteiger partial charge in [0.25, 0.3) is 5.78 Å². The first-order valence-corrected chi connectivity index (χ1v) is 10.6. The number of nitrogens with one attached hydrogen (secondary N) is 1. The number of hydrogen-bond acceptors (Lipinski definition) is 6. The smallest absolute Gasteiger partial charge is 0.404 e. The van der Waals surface area contributed by atoms with E-state index in [9.17, 15) is 44.3 Å². The molecular formula is C23H14F9N5O2. The van der Waals surface area contributed by atoms with Crippen LogP contribution >= 0.6 is 0 Å². The fourth-order valence-corrected chi connectivity index (χ4v) is 3.72. The van der Waals surface area contributed by atoms with E-state index in [1.807, 2.05) is 0 Å². The van der Waals surface area contributed by atoms with Crippen LogP contribution in [0.2, 0.25) is 0 Å². The number of nitrogens with two attached hydrogens (primary N) is 1. The summed E-state index contributed by atoms with van der Waals surface area (Å²) in [5.74, 6) is -4.13. The van der Waals surface area contributed by atoms with Gasteiger partial charge in [0.15, 0.2) is 5.75 Å². The number of anilines is 3. The Morgan fingerprint density at radius 3 is 2.33 bits per heavy atom. The number of ketones is 1. The fraction of sp³-hybridized carbons (Fsp3) is 0.174. The molecule has 0 radical (unpaired) electrons. The number of hydrogen-bond donors (Lipinski definition) is 2. The zero-order chi connectivity index (χ0) is 28.8. The van der Waals surface area contributed by atoms with Crippen LogP contribution < -0.4 is 15.8 Å². The van der Waals surface area contributed by atoms with Crippen LogP contribution in [0.25, 0.3) is 22.2 Å². The molecule has 0 saturated heterocycles. The van der Waals surface area contributed by atoms with Crippen molar-refractivity contribution in [2.24, 2.45) is 0 Å². The molecule has 16 heteroatoms. The van der Waals surface area contributed by atoms with Crippen LogP contribution in [0.1, 0.15) is 10.4 Å². The summed E-state index contributed by atoms with van der Waals surface area (Å²) in [5, 5.41) is 2.72. The predicted molar refractivity (Wildman–Crippen MR) is 120 cm³/mol. The molecule has 7 nitrogen and oxygen atoms in total. The van der Waals surface area contributed by atoms with E-state index in [2.05, 4.69) is 20.0 Å². The van der Waals surface area contributed by atoms with E-state index in [-0.39, 0.29) is 22.8 Å². The molecule has 0 bridgehead atoms. The molecule has 2 aromatic heterocycles. The van der Waals surface area contributed by atoms with Crippen molar-refractivity contribution in [1.82, 2.24) is 14.5 Å². The summed E-state index contributed by atoms with van der Waals surface area (Å²) in [6.45, 7) is -1.30. The molecule has 206 valence electrons. The summed E-state index contributed by atoms with van der Waals surface area (Å²) in [6.07, 6.45) is -13.0. The molecule has 0 saturated carbocycles. The Morgan fingerprint density at radius 1 is 1.00 bits per heavy atom. The van der Waals surface area contributed by atoms with Crippen molar-refractivity contribution in [2.75, 3.05) is 11.1 Å². The third-order valence-electron chi connectivity index (χ3n) is 5.20. The lowest BCUT2D eigenvalue weighted by molar-refractivity contribution is -0.274. The third kappa shape index (κ3) is 6.32. The summed E-state index contributed by atoms with van der Waals surface area (Å²) in [4.78, 5) is 19.6. The van der Waals surface area contributed by atoms with Crippen LogP contribution in [0.5, 0.6) is 5.75 Å². The zero-order valence-corrected chi connectivity index (χ0v) is 19.0. The second-order valence-electron chi connectivity index (χ2n) is 8.00. The molecule has 0 spiro atoms. The van der Waals surface area contributed by atoms with Crippen molar-refractivity contribution >= 4 is 34.0 Å². The lowest BCUT2D eigenvalue weighted by atomic mass is 10.1. The van der Waals surface area contributed by atoms with Gasteiger partial charge in [-0.25, -0.2) is 9.97 Å². The fourth-order valence-electron chi connectivity index (χ4n) is 3.72. The Kier molecular flexibility index (Phi) is 6.82. The van der Waals surface area contributed by atoms with E-state index >= 15 is 0 Å². The topological polar surface area (TPSA) is 95.1 Å². The molecule has 0 atom stereocenters. The number of aromatic nitrogens is 3. The first-order chi connectivity index (χ1) is 18.0. The van der Waals surface area contributed by atoms with Crippen molar-refractivity contribution < 1.29 is 49.0 Å². The molecule has 0 fully saturated rings. The molecule has 0 unspecified atom stereocenters. The maximum atomic E-state index is 13.1. The van der Waals surface area contributed by atoms with Gasteiger partial charge in [-0.3, -0.25) is 4.79 Å². The van der Waals surface area contributed by atoms with Gasteiger partial charge in [-0.1, -0.05) is 18.2 Å². The Balaban J connectivity index is 1.76. The number of nitrogen functional groups attached to an aromatic ring is 1. The minimum absolute atomic E-state index is 0.0692. The number of rotatable bonds is 6. The Morgan fingerprint density at radius 2 is 1.69 bits per heavy atom. The van der Waals surface area contributed by atoms with Crippen LogP contribution in [-0.2, 0) is 6.54 Å². The molecule has 2 heterocycles. The number of para-hydroxylation sites is 1. The molecule has 0 aliphatic carbocycles. The Bertz CT molecular complexity index is 1540. The van der Waals surface area contributed by atoms with Gasteiger partial charge in [0.1, 0.15) is 6.54 Å². The molecular weight excluding hydrogens is 549 g/mol. The van der Waals surface area contributed by atoms with Gasteiger partial charge in [-0.15, -0.1) is 13.2 Å². The molecule has 4 rings (SSSR count). The van der Waals surface area contributed by atoms with E-state index in [4.69, 9.17) is 5.73 Å². The van der Waals surface area contributed by atoms with Gasteiger partial charge in [0.2, 0.25) is 5.95 Å². The number of halogens is 9. The number of fused-ring (bicyclic) bond motifs is 1. The Labute approximate surface area is 212 Å².